The standard InChI is InChI=1S/C30H49N3O3/c1-7-30(8-2)14-11-22(12-15-30)26-19-23(32-17-13-24(21-32)35-6)9-10-25(26)27-20-31-16-18-33(27)28(34)36-29(3,4)5/h9-10,19,22,24,27,31H,7-8,11-18,20-21H2,1-6H3/t24?,27-/m0/s1. The van der Waals surface area contributed by atoms with Crippen LogP contribution in [-0.2, 0) is 9.47 Å². The fourth-order valence-electron chi connectivity index (χ4n) is 6.59. The minimum atomic E-state index is -0.500. The maximum absolute atomic E-state index is 13.2. The highest BCUT2D eigenvalue weighted by Gasteiger charge is 2.37. The molecule has 0 spiro atoms. The molecule has 2 atom stereocenters. The number of methoxy groups -OCH3 is 1. The highest BCUT2D eigenvalue weighted by Crippen LogP contribution is 2.49. The van der Waals surface area contributed by atoms with E-state index in [1.807, 2.05) is 32.8 Å². The monoisotopic (exact) mass is 499 g/mol. The number of hydrogen-bond acceptors (Lipinski definition) is 5. The normalized spacial score (nSPS) is 25.3. The summed E-state index contributed by atoms with van der Waals surface area (Å²) in [5, 5.41) is 3.55. The van der Waals surface area contributed by atoms with Gasteiger partial charge in [-0.15, -0.1) is 0 Å². The molecule has 4 rings (SSSR count). The molecule has 2 saturated heterocycles. The maximum atomic E-state index is 13.2. The first kappa shape index (κ1) is 27.3. The molecule has 1 unspecified atom stereocenters. The Balaban J connectivity index is 1.66. The zero-order valence-corrected chi connectivity index (χ0v) is 23.6. The van der Waals surface area contributed by atoms with Crippen molar-refractivity contribution in [3.63, 3.8) is 0 Å². The Morgan fingerprint density at radius 1 is 1.08 bits per heavy atom. The van der Waals surface area contributed by atoms with E-state index in [1.165, 1.54) is 55.3 Å². The molecule has 0 bridgehead atoms. The summed E-state index contributed by atoms with van der Waals surface area (Å²) in [5.41, 5.74) is 4.04. The number of benzene rings is 1. The van der Waals surface area contributed by atoms with Crippen molar-refractivity contribution in [1.29, 1.82) is 0 Å². The highest BCUT2D eigenvalue weighted by molar-refractivity contribution is 5.69. The lowest BCUT2D eigenvalue weighted by Crippen LogP contribution is -2.50. The Hall–Kier alpha value is -1.79. The summed E-state index contributed by atoms with van der Waals surface area (Å²) in [6.45, 7) is 14.8. The number of ether oxygens (including phenoxy) is 2. The van der Waals surface area contributed by atoms with Gasteiger partial charge in [-0.05, 0) is 87.5 Å². The number of carbonyl (C=O) groups is 1. The minimum Gasteiger partial charge on any atom is -0.444 e. The van der Waals surface area contributed by atoms with E-state index in [9.17, 15) is 4.79 Å². The number of amides is 1. The maximum Gasteiger partial charge on any atom is 0.410 e. The summed E-state index contributed by atoms with van der Waals surface area (Å²) in [6, 6.07) is 7.02. The van der Waals surface area contributed by atoms with Gasteiger partial charge in [0.05, 0.1) is 12.1 Å². The van der Waals surface area contributed by atoms with Crippen LogP contribution in [-0.4, -0.2) is 62.5 Å². The Kier molecular flexibility index (Phi) is 8.56. The Labute approximate surface area is 219 Å². The zero-order chi connectivity index (χ0) is 25.9. The molecule has 36 heavy (non-hydrogen) atoms. The molecular weight excluding hydrogens is 450 g/mol. The van der Waals surface area contributed by atoms with Gasteiger partial charge in [0.1, 0.15) is 5.60 Å². The van der Waals surface area contributed by atoms with Crippen molar-refractivity contribution < 1.29 is 14.3 Å². The lowest BCUT2D eigenvalue weighted by atomic mass is 9.65. The van der Waals surface area contributed by atoms with Crippen molar-refractivity contribution in [3.8, 4) is 0 Å². The second kappa shape index (κ2) is 11.3. The Morgan fingerprint density at radius 2 is 1.81 bits per heavy atom. The van der Waals surface area contributed by atoms with Crippen LogP contribution in [0, 0.1) is 5.41 Å². The van der Waals surface area contributed by atoms with E-state index in [0.717, 1.165) is 32.6 Å². The topological polar surface area (TPSA) is 54.0 Å². The van der Waals surface area contributed by atoms with E-state index in [2.05, 4.69) is 42.3 Å². The van der Waals surface area contributed by atoms with Gasteiger partial charge in [0, 0.05) is 45.5 Å². The number of piperazine rings is 1. The molecule has 1 N–H and O–H groups in total. The first-order valence-corrected chi connectivity index (χ1v) is 14.3. The van der Waals surface area contributed by atoms with Gasteiger partial charge in [-0.1, -0.05) is 32.8 Å². The van der Waals surface area contributed by atoms with Gasteiger partial charge in [-0.3, -0.25) is 4.90 Å². The third-order valence-electron chi connectivity index (χ3n) is 9.13. The van der Waals surface area contributed by atoms with Gasteiger partial charge in [-0.2, -0.15) is 0 Å². The molecule has 2 heterocycles. The fraction of sp³-hybridized carbons (Fsp3) is 0.767. The van der Waals surface area contributed by atoms with Gasteiger partial charge in [0.25, 0.3) is 0 Å². The third-order valence-corrected chi connectivity index (χ3v) is 9.13. The van der Waals surface area contributed by atoms with Gasteiger partial charge in [0.2, 0.25) is 0 Å². The van der Waals surface area contributed by atoms with E-state index in [1.54, 1.807) is 0 Å². The van der Waals surface area contributed by atoms with Crippen LogP contribution in [0.1, 0.15) is 103 Å². The number of carbonyl (C=O) groups excluding carboxylic acids is 1. The van der Waals surface area contributed by atoms with Crippen LogP contribution < -0.4 is 10.2 Å². The predicted molar refractivity (Wildman–Crippen MR) is 147 cm³/mol. The average Bonchev–Trinajstić information content (AvgIpc) is 3.37. The molecule has 3 aliphatic rings. The largest absolute Gasteiger partial charge is 0.444 e. The quantitative estimate of drug-likeness (QED) is 0.501. The molecule has 6 nitrogen and oxygen atoms in total. The summed E-state index contributed by atoms with van der Waals surface area (Å²) in [5.74, 6) is 0.536. The molecule has 2 aliphatic heterocycles. The molecule has 1 aromatic rings. The van der Waals surface area contributed by atoms with Crippen molar-refractivity contribution in [2.45, 2.75) is 103 Å². The van der Waals surface area contributed by atoms with E-state index in [4.69, 9.17) is 9.47 Å². The fourth-order valence-corrected chi connectivity index (χ4v) is 6.59. The minimum absolute atomic E-state index is 0.00742. The van der Waals surface area contributed by atoms with E-state index < -0.39 is 5.60 Å². The smallest absolute Gasteiger partial charge is 0.410 e. The predicted octanol–water partition coefficient (Wildman–Crippen LogP) is 6.26. The molecule has 1 amide bonds. The average molecular weight is 500 g/mol. The lowest BCUT2D eigenvalue weighted by Gasteiger charge is -2.42. The summed E-state index contributed by atoms with van der Waals surface area (Å²) < 4.78 is 11.5. The molecular formula is C30H49N3O3. The van der Waals surface area contributed by atoms with Crippen molar-refractivity contribution in [2.75, 3.05) is 44.7 Å². The molecule has 0 aromatic heterocycles. The van der Waals surface area contributed by atoms with Gasteiger partial charge in [-0.25, -0.2) is 4.79 Å². The molecule has 6 heteroatoms. The number of anilines is 1. The van der Waals surface area contributed by atoms with Crippen LogP contribution in [0.4, 0.5) is 10.5 Å². The van der Waals surface area contributed by atoms with Crippen LogP contribution in [0.5, 0.6) is 0 Å². The molecule has 0 radical (unpaired) electrons. The lowest BCUT2D eigenvalue weighted by molar-refractivity contribution is 0.0116. The van der Waals surface area contributed by atoms with Gasteiger partial charge >= 0.3 is 6.09 Å². The van der Waals surface area contributed by atoms with Crippen molar-refractivity contribution in [1.82, 2.24) is 10.2 Å². The van der Waals surface area contributed by atoms with E-state index in [-0.39, 0.29) is 12.1 Å². The Morgan fingerprint density at radius 3 is 2.42 bits per heavy atom. The van der Waals surface area contributed by atoms with Gasteiger partial charge < -0.3 is 19.7 Å². The zero-order valence-electron chi connectivity index (χ0n) is 23.6. The first-order valence-electron chi connectivity index (χ1n) is 14.3. The summed E-state index contributed by atoms with van der Waals surface area (Å²) in [7, 11) is 1.82. The van der Waals surface area contributed by atoms with Crippen LogP contribution in [0.15, 0.2) is 18.2 Å². The summed E-state index contributed by atoms with van der Waals surface area (Å²) in [4.78, 5) is 17.7. The highest BCUT2D eigenvalue weighted by atomic mass is 16.6. The number of hydrogen-bond donors (Lipinski definition) is 1. The number of rotatable bonds is 6. The van der Waals surface area contributed by atoms with Gasteiger partial charge in [0.15, 0.2) is 0 Å². The second-order valence-corrected chi connectivity index (χ2v) is 12.3. The van der Waals surface area contributed by atoms with Crippen molar-refractivity contribution in [2.24, 2.45) is 5.41 Å². The summed E-state index contributed by atoms with van der Waals surface area (Å²) >= 11 is 0. The SMILES string of the molecule is CCC1(CC)CCC(c2cc(N3CCC(OC)C3)ccc2[C@@H]2CNCCN2C(=O)OC(C)(C)C)CC1. The molecule has 3 fully saturated rings. The van der Waals surface area contributed by atoms with Crippen molar-refractivity contribution in [3.05, 3.63) is 29.3 Å². The van der Waals surface area contributed by atoms with Crippen LogP contribution in [0.3, 0.4) is 0 Å². The number of nitrogens with zero attached hydrogens (tertiary/aromatic N) is 2. The Bertz CT molecular complexity index is 882. The first-order chi connectivity index (χ1) is 17.2. The van der Waals surface area contributed by atoms with E-state index in [0.29, 0.717) is 24.0 Å². The van der Waals surface area contributed by atoms with Crippen LogP contribution in [0.25, 0.3) is 0 Å². The number of nitrogens with one attached hydrogen (secondary N) is 1. The summed E-state index contributed by atoms with van der Waals surface area (Å²) in [6.07, 6.45) is 8.77. The molecule has 1 aromatic carbocycles. The molecule has 1 saturated carbocycles. The van der Waals surface area contributed by atoms with E-state index >= 15 is 0 Å². The molecule has 1 aliphatic carbocycles. The van der Waals surface area contributed by atoms with Crippen LogP contribution >= 0.6 is 0 Å². The third kappa shape index (κ3) is 6.02. The van der Waals surface area contributed by atoms with Crippen LogP contribution in [0.2, 0.25) is 0 Å². The molecule has 202 valence electrons. The van der Waals surface area contributed by atoms with Crippen molar-refractivity contribution >= 4 is 11.8 Å². The second-order valence-electron chi connectivity index (χ2n) is 12.3.